The molecule has 0 saturated heterocycles. The zero-order valence-corrected chi connectivity index (χ0v) is 9.06. The molecule has 0 aliphatic carbocycles. The van der Waals surface area contributed by atoms with Gasteiger partial charge in [0.25, 0.3) is 0 Å². The lowest BCUT2D eigenvalue weighted by molar-refractivity contribution is -0.131. The van der Waals surface area contributed by atoms with E-state index in [2.05, 4.69) is 9.97 Å². The average Bonchev–Trinajstić information content (AvgIpc) is 2.14. The van der Waals surface area contributed by atoms with E-state index in [4.69, 9.17) is 5.11 Å². The molecule has 0 radical (unpaired) electrons. The molecule has 0 spiro atoms. The Labute approximate surface area is 88.7 Å². The summed E-state index contributed by atoms with van der Waals surface area (Å²) in [6, 6.07) is 0. The molecule has 0 fully saturated rings. The second-order valence-electron chi connectivity index (χ2n) is 4.26. The van der Waals surface area contributed by atoms with E-state index in [1.165, 1.54) is 6.08 Å². The Balaban J connectivity index is 2.86. The number of aliphatic carboxylic acids is 1. The third kappa shape index (κ3) is 3.50. The first-order valence-corrected chi connectivity index (χ1v) is 4.63. The standard InChI is InChI=1S/C11H14N2O2/c1-11(2,3)10-12-6-8(7-13-10)4-5-9(14)15/h4-7H,1-3H3,(H,14,15)/b5-4+. The number of hydrogen-bond donors (Lipinski definition) is 1. The average molecular weight is 206 g/mol. The molecular weight excluding hydrogens is 192 g/mol. The normalized spacial score (nSPS) is 11.9. The van der Waals surface area contributed by atoms with Gasteiger partial charge in [0.2, 0.25) is 0 Å². The fourth-order valence-corrected chi connectivity index (χ4v) is 0.979. The van der Waals surface area contributed by atoms with Crippen LogP contribution in [0.2, 0.25) is 0 Å². The Morgan fingerprint density at radius 2 is 1.87 bits per heavy atom. The van der Waals surface area contributed by atoms with E-state index in [9.17, 15) is 4.79 Å². The van der Waals surface area contributed by atoms with Gasteiger partial charge in [0.1, 0.15) is 5.82 Å². The van der Waals surface area contributed by atoms with Gasteiger partial charge in [-0.2, -0.15) is 0 Å². The lowest BCUT2D eigenvalue weighted by Crippen LogP contribution is -2.15. The highest BCUT2D eigenvalue weighted by Gasteiger charge is 2.16. The van der Waals surface area contributed by atoms with Crippen LogP contribution >= 0.6 is 0 Å². The monoisotopic (exact) mass is 206 g/mol. The van der Waals surface area contributed by atoms with Gasteiger partial charge < -0.3 is 5.11 Å². The minimum absolute atomic E-state index is 0.0883. The third-order valence-corrected chi connectivity index (χ3v) is 1.76. The van der Waals surface area contributed by atoms with Crippen molar-refractivity contribution in [3.8, 4) is 0 Å². The summed E-state index contributed by atoms with van der Waals surface area (Å²) in [6.45, 7) is 6.07. The van der Waals surface area contributed by atoms with E-state index in [1.54, 1.807) is 12.4 Å². The van der Waals surface area contributed by atoms with Crippen LogP contribution in [-0.4, -0.2) is 21.0 Å². The lowest BCUT2D eigenvalue weighted by atomic mass is 9.96. The molecule has 0 amide bonds. The van der Waals surface area contributed by atoms with Crippen LogP contribution in [0.15, 0.2) is 18.5 Å². The van der Waals surface area contributed by atoms with E-state index in [0.717, 1.165) is 11.9 Å². The molecule has 0 saturated carbocycles. The van der Waals surface area contributed by atoms with E-state index in [1.807, 2.05) is 20.8 Å². The van der Waals surface area contributed by atoms with Gasteiger partial charge in [0.05, 0.1) is 0 Å². The molecule has 0 atom stereocenters. The van der Waals surface area contributed by atoms with E-state index < -0.39 is 5.97 Å². The van der Waals surface area contributed by atoms with Gasteiger partial charge in [0.15, 0.2) is 0 Å². The molecule has 4 heteroatoms. The molecule has 1 aromatic heterocycles. The van der Waals surface area contributed by atoms with Crippen molar-refractivity contribution in [2.75, 3.05) is 0 Å². The summed E-state index contributed by atoms with van der Waals surface area (Å²) >= 11 is 0. The fourth-order valence-electron chi connectivity index (χ4n) is 0.979. The lowest BCUT2D eigenvalue weighted by Gasteiger charge is -2.15. The highest BCUT2D eigenvalue weighted by Crippen LogP contribution is 2.17. The van der Waals surface area contributed by atoms with E-state index in [0.29, 0.717) is 5.56 Å². The highest BCUT2D eigenvalue weighted by atomic mass is 16.4. The van der Waals surface area contributed by atoms with Gasteiger partial charge in [-0.05, 0) is 6.08 Å². The van der Waals surface area contributed by atoms with Crippen LogP contribution < -0.4 is 0 Å². The van der Waals surface area contributed by atoms with Gasteiger partial charge in [-0.3, -0.25) is 0 Å². The molecule has 0 unspecified atom stereocenters. The number of hydrogen-bond acceptors (Lipinski definition) is 3. The number of rotatable bonds is 2. The highest BCUT2D eigenvalue weighted by molar-refractivity contribution is 5.85. The maximum absolute atomic E-state index is 10.3. The van der Waals surface area contributed by atoms with Crippen LogP contribution in [0.5, 0.6) is 0 Å². The van der Waals surface area contributed by atoms with Gasteiger partial charge in [-0.15, -0.1) is 0 Å². The quantitative estimate of drug-likeness (QED) is 0.750. The molecule has 80 valence electrons. The van der Waals surface area contributed by atoms with Crippen molar-refractivity contribution in [3.63, 3.8) is 0 Å². The molecule has 1 aromatic rings. The van der Waals surface area contributed by atoms with Crippen LogP contribution in [0, 0.1) is 0 Å². The Bertz CT molecular complexity index is 375. The Hall–Kier alpha value is -1.71. The smallest absolute Gasteiger partial charge is 0.328 e. The predicted octanol–water partition coefficient (Wildman–Crippen LogP) is 1.87. The molecule has 1 heterocycles. The Kier molecular flexibility index (Phi) is 3.19. The van der Waals surface area contributed by atoms with Crippen LogP contribution in [-0.2, 0) is 10.2 Å². The predicted molar refractivity (Wildman–Crippen MR) is 57.4 cm³/mol. The molecule has 0 aliphatic rings. The summed E-state index contributed by atoms with van der Waals surface area (Å²) in [5, 5.41) is 8.43. The number of aromatic nitrogens is 2. The van der Waals surface area contributed by atoms with E-state index >= 15 is 0 Å². The van der Waals surface area contributed by atoms with Crippen LogP contribution in [0.25, 0.3) is 6.08 Å². The van der Waals surface area contributed by atoms with E-state index in [-0.39, 0.29) is 5.41 Å². The number of nitrogens with zero attached hydrogens (tertiary/aromatic N) is 2. The van der Waals surface area contributed by atoms with Gasteiger partial charge >= 0.3 is 5.97 Å². The molecule has 1 rings (SSSR count). The summed E-state index contributed by atoms with van der Waals surface area (Å²) in [4.78, 5) is 18.6. The molecular formula is C11H14N2O2. The van der Waals surface area contributed by atoms with Gasteiger partial charge in [-0.1, -0.05) is 20.8 Å². The second-order valence-corrected chi connectivity index (χ2v) is 4.26. The molecule has 1 N–H and O–H groups in total. The fraction of sp³-hybridized carbons (Fsp3) is 0.364. The van der Waals surface area contributed by atoms with Crippen LogP contribution in [0.1, 0.15) is 32.2 Å². The van der Waals surface area contributed by atoms with Gasteiger partial charge in [-0.25, -0.2) is 14.8 Å². The van der Waals surface area contributed by atoms with Crippen molar-refractivity contribution in [3.05, 3.63) is 29.9 Å². The Morgan fingerprint density at radius 1 is 1.33 bits per heavy atom. The topological polar surface area (TPSA) is 63.1 Å². The van der Waals surface area contributed by atoms with Crippen molar-refractivity contribution in [1.82, 2.24) is 9.97 Å². The molecule has 4 nitrogen and oxygen atoms in total. The molecule has 15 heavy (non-hydrogen) atoms. The first kappa shape index (κ1) is 11.4. The minimum atomic E-state index is -0.977. The van der Waals surface area contributed by atoms with Gasteiger partial charge in [0, 0.05) is 29.4 Å². The van der Waals surface area contributed by atoms with Crippen molar-refractivity contribution in [2.45, 2.75) is 26.2 Å². The Morgan fingerprint density at radius 3 is 2.27 bits per heavy atom. The SMILES string of the molecule is CC(C)(C)c1ncc(/C=C/C(=O)O)cn1. The van der Waals surface area contributed by atoms with Crippen molar-refractivity contribution in [1.29, 1.82) is 0 Å². The summed E-state index contributed by atoms with van der Waals surface area (Å²) in [5.74, 6) is -0.232. The summed E-state index contributed by atoms with van der Waals surface area (Å²) in [5.41, 5.74) is 0.597. The summed E-state index contributed by atoms with van der Waals surface area (Å²) < 4.78 is 0. The summed E-state index contributed by atoms with van der Waals surface area (Å²) in [6.07, 6.45) is 5.77. The number of carbonyl (C=O) groups is 1. The minimum Gasteiger partial charge on any atom is -0.478 e. The summed E-state index contributed by atoms with van der Waals surface area (Å²) in [7, 11) is 0. The first-order chi connectivity index (χ1) is 6.89. The van der Waals surface area contributed by atoms with Crippen molar-refractivity contribution < 1.29 is 9.90 Å². The van der Waals surface area contributed by atoms with Crippen LogP contribution in [0.4, 0.5) is 0 Å². The first-order valence-electron chi connectivity index (χ1n) is 4.63. The zero-order valence-electron chi connectivity index (χ0n) is 9.06. The maximum Gasteiger partial charge on any atom is 0.328 e. The van der Waals surface area contributed by atoms with Crippen LogP contribution in [0.3, 0.4) is 0 Å². The second kappa shape index (κ2) is 4.21. The third-order valence-electron chi connectivity index (χ3n) is 1.76. The molecule has 0 aliphatic heterocycles. The van der Waals surface area contributed by atoms with Crippen molar-refractivity contribution in [2.24, 2.45) is 0 Å². The number of carboxylic acids is 1. The number of carboxylic acid groups (broad SMARTS) is 1. The van der Waals surface area contributed by atoms with Crippen molar-refractivity contribution >= 4 is 12.0 Å². The molecule has 0 aromatic carbocycles. The largest absolute Gasteiger partial charge is 0.478 e. The maximum atomic E-state index is 10.3. The molecule has 0 bridgehead atoms. The zero-order chi connectivity index (χ0) is 11.5.